The summed E-state index contributed by atoms with van der Waals surface area (Å²) in [5.74, 6) is -0.433. The van der Waals surface area contributed by atoms with Gasteiger partial charge in [0.25, 0.3) is 5.91 Å². The van der Waals surface area contributed by atoms with Crippen LogP contribution in [0.5, 0.6) is 0 Å². The highest BCUT2D eigenvalue weighted by Crippen LogP contribution is 2.10. The van der Waals surface area contributed by atoms with Crippen LogP contribution in [0.25, 0.3) is 11.3 Å². The SMILES string of the molecule is O=C(NCCc1cn2cc(F)ccc2n1)c1ccc(-n2cccc2)cc1. The van der Waals surface area contributed by atoms with Gasteiger partial charge in [-0.05, 0) is 48.5 Å². The molecular formula is C20H17FN4O. The molecule has 0 aliphatic rings. The van der Waals surface area contributed by atoms with Crippen molar-refractivity contribution in [2.75, 3.05) is 6.54 Å². The Morgan fingerprint density at radius 3 is 2.58 bits per heavy atom. The van der Waals surface area contributed by atoms with Crippen molar-refractivity contribution in [1.29, 1.82) is 0 Å². The largest absolute Gasteiger partial charge is 0.352 e. The molecule has 0 bridgehead atoms. The van der Waals surface area contributed by atoms with E-state index in [-0.39, 0.29) is 11.7 Å². The molecule has 1 N–H and O–H groups in total. The summed E-state index contributed by atoms with van der Waals surface area (Å²) < 4.78 is 16.8. The third kappa shape index (κ3) is 3.35. The van der Waals surface area contributed by atoms with E-state index in [1.54, 1.807) is 28.8 Å². The maximum atomic E-state index is 13.2. The highest BCUT2D eigenvalue weighted by atomic mass is 19.1. The zero-order valence-electron chi connectivity index (χ0n) is 14.0. The van der Waals surface area contributed by atoms with Gasteiger partial charge in [-0.15, -0.1) is 0 Å². The number of carbonyl (C=O) groups excluding carboxylic acids is 1. The van der Waals surface area contributed by atoms with Gasteiger partial charge in [0.1, 0.15) is 11.5 Å². The Kier molecular flexibility index (Phi) is 4.23. The number of nitrogens with one attached hydrogen (secondary N) is 1. The van der Waals surface area contributed by atoms with Gasteiger partial charge in [0.05, 0.1) is 5.69 Å². The zero-order chi connectivity index (χ0) is 17.9. The molecule has 0 fully saturated rings. The van der Waals surface area contributed by atoms with Crippen LogP contribution in [0.2, 0.25) is 0 Å². The number of amides is 1. The molecular weight excluding hydrogens is 331 g/mol. The number of pyridine rings is 1. The van der Waals surface area contributed by atoms with Crippen LogP contribution in [0.1, 0.15) is 16.1 Å². The Labute approximate surface area is 149 Å². The topological polar surface area (TPSA) is 51.3 Å². The number of halogens is 1. The molecule has 3 heterocycles. The van der Waals surface area contributed by atoms with E-state index < -0.39 is 0 Å². The first-order chi connectivity index (χ1) is 12.7. The average Bonchev–Trinajstić information content (AvgIpc) is 3.31. The Balaban J connectivity index is 1.35. The number of hydrogen-bond donors (Lipinski definition) is 1. The Morgan fingerprint density at radius 2 is 1.81 bits per heavy atom. The summed E-state index contributed by atoms with van der Waals surface area (Å²) in [6.45, 7) is 0.463. The Hall–Kier alpha value is -3.41. The first-order valence-corrected chi connectivity index (χ1v) is 8.34. The van der Waals surface area contributed by atoms with Crippen LogP contribution in [0.4, 0.5) is 4.39 Å². The standard InChI is InChI=1S/C20H17FN4O/c21-16-5-8-19-23-17(14-25(19)13-16)9-10-22-20(26)15-3-6-18(7-4-15)24-11-1-2-12-24/h1-8,11-14H,9-10H2,(H,22,26). The predicted octanol–water partition coefficient (Wildman–Crippen LogP) is 3.24. The summed E-state index contributed by atoms with van der Waals surface area (Å²) in [7, 11) is 0. The lowest BCUT2D eigenvalue weighted by atomic mass is 10.2. The molecule has 0 saturated carbocycles. The summed E-state index contributed by atoms with van der Waals surface area (Å²) in [5, 5.41) is 2.89. The van der Waals surface area contributed by atoms with Crippen molar-refractivity contribution in [1.82, 2.24) is 19.3 Å². The summed E-state index contributed by atoms with van der Waals surface area (Å²) in [6.07, 6.45) is 7.65. The summed E-state index contributed by atoms with van der Waals surface area (Å²) in [6, 6.07) is 14.3. The number of benzene rings is 1. The van der Waals surface area contributed by atoms with Gasteiger partial charge in [-0.1, -0.05) is 0 Å². The van der Waals surface area contributed by atoms with E-state index >= 15 is 0 Å². The second-order valence-corrected chi connectivity index (χ2v) is 5.99. The van der Waals surface area contributed by atoms with Gasteiger partial charge < -0.3 is 14.3 Å². The number of imidazole rings is 1. The number of hydrogen-bond acceptors (Lipinski definition) is 2. The van der Waals surface area contributed by atoms with E-state index in [9.17, 15) is 9.18 Å². The average molecular weight is 348 g/mol. The summed E-state index contributed by atoms with van der Waals surface area (Å²) in [4.78, 5) is 16.7. The van der Waals surface area contributed by atoms with Crippen molar-refractivity contribution >= 4 is 11.6 Å². The van der Waals surface area contributed by atoms with E-state index in [1.807, 2.05) is 41.2 Å². The zero-order valence-corrected chi connectivity index (χ0v) is 14.0. The second-order valence-electron chi connectivity index (χ2n) is 5.99. The van der Waals surface area contributed by atoms with E-state index in [0.29, 0.717) is 24.2 Å². The first-order valence-electron chi connectivity index (χ1n) is 8.34. The third-order valence-corrected chi connectivity index (χ3v) is 4.16. The quantitative estimate of drug-likeness (QED) is 0.602. The van der Waals surface area contributed by atoms with Crippen LogP contribution in [-0.4, -0.2) is 26.4 Å². The summed E-state index contributed by atoms with van der Waals surface area (Å²) >= 11 is 0. The highest BCUT2D eigenvalue weighted by Gasteiger charge is 2.07. The lowest BCUT2D eigenvalue weighted by Crippen LogP contribution is -2.25. The van der Waals surface area contributed by atoms with Gasteiger partial charge in [0.15, 0.2) is 0 Å². The van der Waals surface area contributed by atoms with E-state index in [2.05, 4.69) is 10.3 Å². The van der Waals surface area contributed by atoms with Gasteiger partial charge in [-0.25, -0.2) is 9.37 Å². The molecule has 130 valence electrons. The third-order valence-electron chi connectivity index (χ3n) is 4.16. The van der Waals surface area contributed by atoms with Crippen molar-refractivity contribution in [3.05, 3.63) is 90.4 Å². The fourth-order valence-corrected chi connectivity index (χ4v) is 2.84. The fourth-order valence-electron chi connectivity index (χ4n) is 2.84. The molecule has 4 aromatic rings. The molecule has 0 unspecified atom stereocenters. The number of rotatable bonds is 5. The van der Waals surface area contributed by atoms with Crippen LogP contribution in [0.3, 0.4) is 0 Å². The predicted molar refractivity (Wildman–Crippen MR) is 97.0 cm³/mol. The van der Waals surface area contributed by atoms with E-state index in [0.717, 1.165) is 11.4 Å². The highest BCUT2D eigenvalue weighted by molar-refractivity contribution is 5.94. The van der Waals surface area contributed by atoms with Crippen LogP contribution >= 0.6 is 0 Å². The van der Waals surface area contributed by atoms with Gasteiger partial charge in [-0.2, -0.15) is 0 Å². The molecule has 1 amide bonds. The molecule has 26 heavy (non-hydrogen) atoms. The molecule has 5 nitrogen and oxygen atoms in total. The molecule has 0 atom stereocenters. The molecule has 3 aromatic heterocycles. The van der Waals surface area contributed by atoms with Crippen molar-refractivity contribution in [2.24, 2.45) is 0 Å². The minimum atomic E-state index is -0.307. The molecule has 4 rings (SSSR count). The van der Waals surface area contributed by atoms with E-state index in [1.165, 1.54) is 12.3 Å². The number of carbonyl (C=O) groups is 1. The lowest BCUT2D eigenvalue weighted by Gasteiger charge is -2.06. The first kappa shape index (κ1) is 16.1. The second kappa shape index (κ2) is 6.84. The Morgan fingerprint density at radius 1 is 1.04 bits per heavy atom. The van der Waals surface area contributed by atoms with Gasteiger partial charge in [0, 0.05) is 49.0 Å². The van der Waals surface area contributed by atoms with Crippen LogP contribution in [-0.2, 0) is 6.42 Å². The molecule has 0 spiro atoms. The lowest BCUT2D eigenvalue weighted by molar-refractivity contribution is 0.0954. The van der Waals surface area contributed by atoms with Crippen molar-refractivity contribution in [3.8, 4) is 5.69 Å². The maximum absolute atomic E-state index is 13.2. The van der Waals surface area contributed by atoms with Crippen LogP contribution < -0.4 is 5.32 Å². The molecule has 0 aliphatic carbocycles. The number of nitrogens with zero attached hydrogens (tertiary/aromatic N) is 3. The van der Waals surface area contributed by atoms with Crippen LogP contribution in [0, 0.1) is 5.82 Å². The van der Waals surface area contributed by atoms with Gasteiger partial charge in [-0.3, -0.25) is 4.79 Å². The molecule has 1 aromatic carbocycles. The van der Waals surface area contributed by atoms with Gasteiger partial charge in [0.2, 0.25) is 0 Å². The number of aromatic nitrogens is 3. The van der Waals surface area contributed by atoms with Crippen LogP contribution in [0.15, 0.2) is 73.3 Å². The minimum Gasteiger partial charge on any atom is -0.352 e. The van der Waals surface area contributed by atoms with Crippen molar-refractivity contribution in [2.45, 2.75) is 6.42 Å². The summed E-state index contributed by atoms with van der Waals surface area (Å²) in [5.41, 5.74) is 3.11. The molecule has 0 aliphatic heterocycles. The van der Waals surface area contributed by atoms with Gasteiger partial charge >= 0.3 is 0 Å². The maximum Gasteiger partial charge on any atom is 0.251 e. The molecule has 6 heteroatoms. The smallest absolute Gasteiger partial charge is 0.251 e. The number of fused-ring (bicyclic) bond motifs is 1. The monoisotopic (exact) mass is 348 g/mol. The van der Waals surface area contributed by atoms with Crippen molar-refractivity contribution in [3.63, 3.8) is 0 Å². The molecule has 0 saturated heterocycles. The van der Waals surface area contributed by atoms with Crippen molar-refractivity contribution < 1.29 is 9.18 Å². The Bertz CT molecular complexity index is 1040. The molecule has 0 radical (unpaired) electrons. The normalized spacial score (nSPS) is 11.0. The fraction of sp³-hybridized carbons (Fsp3) is 0.100. The van der Waals surface area contributed by atoms with E-state index in [4.69, 9.17) is 0 Å². The minimum absolute atomic E-state index is 0.126.